The van der Waals surface area contributed by atoms with Gasteiger partial charge in [0.15, 0.2) is 5.82 Å². The number of carbonyl (C=O) groups excluding carboxylic acids is 1. The summed E-state index contributed by atoms with van der Waals surface area (Å²) in [5, 5.41) is 7.22. The van der Waals surface area contributed by atoms with Crippen LogP contribution in [0.25, 0.3) is 5.69 Å². The van der Waals surface area contributed by atoms with Crippen molar-refractivity contribution in [2.24, 2.45) is 0 Å². The van der Waals surface area contributed by atoms with E-state index in [1.807, 2.05) is 30.3 Å². The first-order valence-corrected chi connectivity index (χ1v) is 6.64. The number of para-hydroxylation sites is 1. The molecule has 0 spiro atoms. The maximum absolute atomic E-state index is 12.1. The van der Waals surface area contributed by atoms with E-state index in [1.54, 1.807) is 29.2 Å². The van der Waals surface area contributed by atoms with Crippen LogP contribution in [0.4, 0.5) is 5.82 Å². The van der Waals surface area contributed by atoms with Crippen LogP contribution in [-0.4, -0.2) is 20.7 Å². The monoisotopic (exact) mass is 298 g/mol. The summed E-state index contributed by atoms with van der Waals surface area (Å²) in [7, 11) is 0. The fourth-order valence-electron chi connectivity index (χ4n) is 1.82. The van der Waals surface area contributed by atoms with E-state index in [2.05, 4.69) is 15.4 Å². The van der Waals surface area contributed by atoms with Crippen LogP contribution in [0.15, 0.2) is 61.1 Å². The first-order valence-electron chi connectivity index (χ1n) is 6.26. The third-order valence-electron chi connectivity index (χ3n) is 2.86. The molecule has 0 radical (unpaired) electrons. The lowest BCUT2D eigenvalue weighted by molar-refractivity contribution is 0.102. The summed E-state index contributed by atoms with van der Waals surface area (Å²) in [6.07, 6.45) is 4.72. The number of hydrogen-bond donors (Lipinski definition) is 1. The Morgan fingerprint density at radius 3 is 2.71 bits per heavy atom. The molecule has 0 atom stereocenters. The highest BCUT2D eigenvalue weighted by atomic mass is 35.5. The van der Waals surface area contributed by atoms with E-state index in [-0.39, 0.29) is 5.91 Å². The number of carbonyl (C=O) groups is 1. The van der Waals surface area contributed by atoms with Crippen LogP contribution in [0.1, 0.15) is 10.4 Å². The van der Waals surface area contributed by atoms with Crippen molar-refractivity contribution in [2.75, 3.05) is 5.32 Å². The molecule has 104 valence electrons. The van der Waals surface area contributed by atoms with E-state index in [0.29, 0.717) is 16.4 Å². The zero-order chi connectivity index (χ0) is 14.7. The number of halogens is 1. The van der Waals surface area contributed by atoms with Crippen molar-refractivity contribution in [3.63, 3.8) is 0 Å². The summed E-state index contributed by atoms with van der Waals surface area (Å²) >= 11 is 5.96. The SMILES string of the molecule is O=C(Nc1ncccc1Cl)c1cnn(-c2ccccc2)c1. The Labute approximate surface area is 126 Å². The summed E-state index contributed by atoms with van der Waals surface area (Å²) in [6, 6.07) is 12.9. The first kappa shape index (κ1) is 13.3. The van der Waals surface area contributed by atoms with E-state index in [1.165, 1.54) is 6.20 Å². The number of amides is 1. The number of hydrogen-bond acceptors (Lipinski definition) is 3. The van der Waals surface area contributed by atoms with Gasteiger partial charge in [0.25, 0.3) is 5.91 Å². The summed E-state index contributed by atoms with van der Waals surface area (Å²) in [6.45, 7) is 0. The van der Waals surface area contributed by atoms with Crippen LogP contribution in [-0.2, 0) is 0 Å². The second-order valence-corrected chi connectivity index (χ2v) is 4.70. The lowest BCUT2D eigenvalue weighted by Crippen LogP contribution is -2.12. The molecular formula is C15H11ClN4O. The summed E-state index contributed by atoms with van der Waals surface area (Å²) < 4.78 is 1.63. The molecule has 5 nitrogen and oxygen atoms in total. The van der Waals surface area contributed by atoms with E-state index in [9.17, 15) is 4.79 Å². The van der Waals surface area contributed by atoms with Gasteiger partial charge in [-0.2, -0.15) is 5.10 Å². The lowest BCUT2D eigenvalue weighted by atomic mass is 10.3. The summed E-state index contributed by atoms with van der Waals surface area (Å²) in [5.41, 5.74) is 1.31. The molecule has 0 unspecified atom stereocenters. The minimum absolute atomic E-state index is 0.308. The Balaban J connectivity index is 1.80. The van der Waals surface area contributed by atoms with Crippen LogP contribution >= 0.6 is 11.6 Å². The van der Waals surface area contributed by atoms with E-state index in [4.69, 9.17) is 11.6 Å². The Kier molecular flexibility index (Phi) is 3.66. The number of anilines is 1. The van der Waals surface area contributed by atoms with Gasteiger partial charge in [0.2, 0.25) is 0 Å². The minimum atomic E-state index is -0.308. The molecule has 1 amide bonds. The highest BCUT2D eigenvalue weighted by Gasteiger charge is 2.11. The van der Waals surface area contributed by atoms with Gasteiger partial charge in [0.1, 0.15) is 0 Å². The molecular weight excluding hydrogens is 288 g/mol. The van der Waals surface area contributed by atoms with Gasteiger partial charge >= 0.3 is 0 Å². The van der Waals surface area contributed by atoms with Crippen LogP contribution in [0, 0.1) is 0 Å². The number of nitrogens with zero attached hydrogens (tertiary/aromatic N) is 3. The maximum Gasteiger partial charge on any atom is 0.260 e. The molecule has 0 bridgehead atoms. The summed E-state index contributed by atoms with van der Waals surface area (Å²) in [4.78, 5) is 16.2. The summed E-state index contributed by atoms with van der Waals surface area (Å²) in [5.74, 6) is 0.0226. The highest BCUT2D eigenvalue weighted by Crippen LogP contribution is 2.18. The van der Waals surface area contributed by atoms with Crippen LogP contribution in [0.2, 0.25) is 5.02 Å². The van der Waals surface area contributed by atoms with Gasteiger partial charge in [-0.15, -0.1) is 0 Å². The van der Waals surface area contributed by atoms with Crippen LogP contribution in [0.5, 0.6) is 0 Å². The van der Waals surface area contributed by atoms with Crippen molar-refractivity contribution in [1.82, 2.24) is 14.8 Å². The van der Waals surface area contributed by atoms with Crippen molar-refractivity contribution in [3.05, 3.63) is 71.6 Å². The fourth-order valence-corrected chi connectivity index (χ4v) is 1.99. The predicted molar refractivity (Wildman–Crippen MR) is 80.8 cm³/mol. The Hall–Kier alpha value is -2.66. The van der Waals surface area contributed by atoms with Crippen molar-refractivity contribution >= 4 is 23.3 Å². The molecule has 21 heavy (non-hydrogen) atoms. The van der Waals surface area contributed by atoms with Crippen molar-refractivity contribution in [2.45, 2.75) is 0 Å². The molecule has 2 aromatic heterocycles. The zero-order valence-electron chi connectivity index (χ0n) is 10.9. The average molecular weight is 299 g/mol. The number of benzene rings is 1. The van der Waals surface area contributed by atoms with Crippen molar-refractivity contribution in [1.29, 1.82) is 0 Å². The number of pyridine rings is 1. The average Bonchev–Trinajstić information content (AvgIpc) is 3.00. The molecule has 0 aliphatic heterocycles. The second-order valence-electron chi connectivity index (χ2n) is 4.30. The van der Waals surface area contributed by atoms with Gasteiger partial charge < -0.3 is 5.32 Å². The smallest absolute Gasteiger partial charge is 0.260 e. The Morgan fingerprint density at radius 2 is 1.95 bits per heavy atom. The first-order chi connectivity index (χ1) is 10.2. The third-order valence-corrected chi connectivity index (χ3v) is 3.16. The van der Waals surface area contributed by atoms with Crippen LogP contribution < -0.4 is 5.32 Å². The highest BCUT2D eigenvalue weighted by molar-refractivity contribution is 6.33. The predicted octanol–water partition coefficient (Wildman–Crippen LogP) is 3.17. The molecule has 0 aliphatic rings. The molecule has 0 saturated carbocycles. The van der Waals surface area contributed by atoms with E-state index in [0.717, 1.165) is 5.69 Å². The largest absolute Gasteiger partial charge is 0.305 e. The quantitative estimate of drug-likeness (QED) is 0.808. The molecule has 6 heteroatoms. The maximum atomic E-state index is 12.1. The third kappa shape index (κ3) is 2.93. The second kappa shape index (κ2) is 5.76. The number of aromatic nitrogens is 3. The molecule has 0 saturated heterocycles. The van der Waals surface area contributed by atoms with E-state index < -0.39 is 0 Å². The van der Waals surface area contributed by atoms with Crippen molar-refractivity contribution < 1.29 is 4.79 Å². The van der Waals surface area contributed by atoms with Gasteiger partial charge in [-0.3, -0.25) is 4.79 Å². The van der Waals surface area contributed by atoms with E-state index >= 15 is 0 Å². The molecule has 0 fully saturated rings. The number of rotatable bonds is 3. The van der Waals surface area contributed by atoms with Gasteiger partial charge in [-0.1, -0.05) is 29.8 Å². The zero-order valence-corrected chi connectivity index (χ0v) is 11.7. The van der Waals surface area contributed by atoms with Crippen molar-refractivity contribution in [3.8, 4) is 5.69 Å². The van der Waals surface area contributed by atoms with Crippen LogP contribution in [0.3, 0.4) is 0 Å². The molecule has 3 aromatic rings. The van der Waals surface area contributed by atoms with Gasteiger partial charge in [-0.25, -0.2) is 9.67 Å². The molecule has 1 aromatic carbocycles. The number of nitrogens with one attached hydrogen (secondary N) is 1. The molecule has 0 aliphatic carbocycles. The minimum Gasteiger partial charge on any atom is -0.305 e. The normalized spacial score (nSPS) is 10.3. The standard InChI is InChI=1S/C15H11ClN4O/c16-13-7-4-8-17-14(13)19-15(21)11-9-18-20(10-11)12-5-2-1-3-6-12/h1-10H,(H,17,19,21). The lowest BCUT2D eigenvalue weighted by Gasteiger charge is -2.03. The topological polar surface area (TPSA) is 59.8 Å². The van der Waals surface area contributed by atoms with Gasteiger partial charge in [0.05, 0.1) is 22.5 Å². The molecule has 2 heterocycles. The Morgan fingerprint density at radius 1 is 1.14 bits per heavy atom. The fraction of sp³-hybridized carbons (Fsp3) is 0. The van der Waals surface area contributed by atoms with Gasteiger partial charge in [-0.05, 0) is 24.3 Å². The van der Waals surface area contributed by atoms with Gasteiger partial charge in [0, 0.05) is 12.4 Å². The molecule has 1 N–H and O–H groups in total. The molecule has 3 rings (SSSR count). The Bertz CT molecular complexity index is 770.